The van der Waals surface area contributed by atoms with Gasteiger partial charge in [-0.25, -0.2) is 4.98 Å². The highest BCUT2D eigenvalue weighted by Gasteiger charge is 2.16. The Morgan fingerprint density at radius 1 is 0.969 bits per heavy atom. The molecule has 5 aromatic rings. The zero-order valence-corrected chi connectivity index (χ0v) is 18.8. The van der Waals surface area contributed by atoms with Crippen molar-refractivity contribution < 1.29 is 13.9 Å². The lowest BCUT2D eigenvalue weighted by Crippen LogP contribution is -1.93. The standard InChI is InChI=1S/C22H17N5O3S2/c1-28-18-8-7-13(9-19(18)29-2)17-10-15(14-5-3-4-6-16(14)24-17)21-26-25-20(30-21)11-31-22-27-23-12-32-22/h3-10,12H,11H2,1-2H3. The summed E-state index contributed by atoms with van der Waals surface area (Å²) in [6, 6.07) is 15.5. The number of pyridine rings is 1. The van der Waals surface area contributed by atoms with Crippen LogP contribution in [0.5, 0.6) is 11.5 Å². The maximum absolute atomic E-state index is 5.99. The van der Waals surface area contributed by atoms with Gasteiger partial charge in [0, 0.05) is 10.9 Å². The molecule has 0 aliphatic heterocycles. The van der Waals surface area contributed by atoms with Crippen LogP contribution in [-0.4, -0.2) is 39.6 Å². The molecule has 0 saturated heterocycles. The summed E-state index contributed by atoms with van der Waals surface area (Å²) in [5.41, 5.74) is 5.00. The first-order valence-corrected chi connectivity index (χ1v) is 11.5. The van der Waals surface area contributed by atoms with E-state index in [0.717, 1.165) is 32.1 Å². The van der Waals surface area contributed by atoms with Crippen LogP contribution in [0.3, 0.4) is 0 Å². The van der Waals surface area contributed by atoms with Gasteiger partial charge in [-0.1, -0.05) is 41.3 Å². The highest BCUT2D eigenvalue weighted by Crippen LogP contribution is 2.35. The van der Waals surface area contributed by atoms with Gasteiger partial charge < -0.3 is 13.9 Å². The van der Waals surface area contributed by atoms with Crippen molar-refractivity contribution in [1.82, 2.24) is 25.4 Å². The van der Waals surface area contributed by atoms with E-state index in [-0.39, 0.29) is 0 Å². The Bertz CT molecular complexity index is 1370. The number of aromatic nitrogens is 5. The van der Waals surface area contributed by atoms with E-state index in [9.17, 15) is 0 Å². The van der Waals surface area contributed by atoms with E-state index in [1.807, 2.05) is 48.5 Å². The molecule has 0 bridgehead atoms. The lowest BCUT2D eigenvalue weighted by Gasteiger charge is -2.11. The average Bonchev–Trinajstić information content (AvgIpc) is 3.53. The van der Waals surface area contributed by atoms with Crippen LogP contribution in [0.4, 0.5) is 0 Å². The fourth-order valence-electron chi connectivity index (χ4n) is 3.27. The van der Waals surface area contributed by atoms with Crippen LogP contribution < -0.4 is 9.47 Å². The first-order chi connectivity index (χ1) is 15.7. The number of hydrogen-bond donors (Lipinski definition) is 0. The molecule has 0 unspecified atom stereocenters. The third-order valence-electron chi connectivity index (χ3n) is 4.75. The van der Waals surface area contributed by atoms with Gasteiger partial charge in [-0.3, -0.25) is 0 Å². The van der Waals surface area contributed by atoms with E-state index >= 15 is 0 Å². The molecule has 0 atom stereocenters. The second-order valence-corrected chi connectivity index (χ2v) is 8.69. The molecular weight excluding hydrogens is 446 g/mol. The molecule has 0 aliphatic rings. The Balaban J connectivity index is 1.55. The molecule has 8 nitrogen and oxygen atoms in total. The monoisotopic (exact) mass is 463 g/mol. The highest BCUT2D eigenvalue weighted by atomic mass is 32.2. The molecule has 10 heteroatoms. The predicted octanol–water partition coefficient (Wildman–Crippen LogP) is 5.11. The normalized spacial score (nSPS) is 11.1. The predicted molar refractivity (Wildman–Crippen MR) is 123 cm³/mol. The average molecular weight is 464 g/mol. The summed E-state index contributed by atoms with van der Waals surface area (Å²) in [6.45, 7) is 0. The van der Waals surface area contributed by atoms with Gasteiger partial charge in [0.25, 0.3) is 0 Å². The fourth-order valence-corrected chi connectivity index (χ4v) is 4.59. The van der Waals surface area contributed by atoms with E-state index in [4.69, 9.17) is 18.9 Å². The minimum atomic E-state index is 0.443. The van der Waals surface area contributed by atoms with Gasteiger partial charge in [-0.2, -0.15) is 0 Å². The van der Waals surface area contributed by atoms with Gasteiger partial charge in [-0.15, -0.1) is 20.4 Å². The molecule has 160 valence electrons. The maximum atomic E-state index is 5.99. The minimum absolute atomic E-state index is 0.443. The molecule has 2 aromatic carbocycles. The van der Waals surface area contributed by atoms with E-state index < -0.39 is 0 Å². The molecule has 0 aliphatic carbocycles. The second kappa shape index (κ2) is 8.93. The van der Waals surface area contributed by atoms with Crippen LogP contribution in [0.1, 0.15) is 5.89 Å². The summed E-state index contributed by atoms with van der Waals surface area (Å²) in [4.78, 5) is 4.84. The quantitative estimate of drug-likeness (QED) is 0.305. The summed E-state index contributed by atoms with van der Waals surface area (Å²) in [7, 11) is 3.22. The van der Waals surface area contributed by atoms with Crippen LogP contribution in [-0.2, 0) is 5.75 Å². The lowest BCUT2D eigenvalue weighted by atomic mass is 10.0. The number of rotatable bonds is 7. The number of hydrogen-bond acceptors (Lipinski definition) is 10. The summed E-state index contributed by atoms with van der Waals surface area (Å²) in [6.07, 6.45) is 0. The van der Waals surface area contributed by atoms with Gasteiger partial charge in [0.2, 0.25) is 11.8 Å². The summed E-state index contributed by atoms with van der Waals surface area (Å²) in [5, 5.41) is 17.3. The van der Waals surface area contributed by atoms with Crippen LogP contribution in [0.15, 0.2) is 62.8 Å². The van der Waals surface area contributed by atoms with Gasteiger partial charge >= 0.3 is 0 Å². The van der Waals surface area contributed by atoms with Gasteiger partial charge in [0.1, 0.15) is 5.51 Å². The molecule has 3 heterocycles. The molecular formula is C22H17N5O3S2. The number of methoxy groups -OCH3 is 2. The largest absolute Gasteiger partial charge is 0.493 e. The molecule has 0 fully saturated rings. The summed E-state index contributed by atoms with van der Waals surface area (Å²) < 4.78 is 17.7. The fraction of sp³-hybridized carbons (Fsp3) is 0.136. The topological polar surface area (TPSA) is 96.1 Å². The summed E-state index contributed by atoms with van der Waals surface area (Å²) >= 11 is 2.99. The Morgan fingerprint density at radius 3 is 2.66 bits per heavy atom. The molecule has 0 saturated carbocycles. The maximum Gasteiger partial charge on any atom is 0.248 e. The van der Waals surface area contributed by atoms with Crippen molar-refractivity contribution in [3.63, 3.8) is 0 Å². The van der Waals surface area contributed by atoms with E-state index in [2.05, 4.69) is 20.4 Å². The van der Waals surface area contributed by atoms with Crippen LogP contribution in [0.2, 0.25) is 0 Å². The van der Waals surface area contributed by atoms with Gasteiger partial charge in [-0.05, 0) is 30.3 Å². The highest BCUT2D eigenvalue weighted by molar-refractivity contribution is 8.00. The van der Waals surface area contributed by atoms with Crippen molar-refractivity contribution in [2.75, 3.05) is 14.2 Å². The second-order valence-electron chi connectivity index (χ2n) is 6.64. The minimum Gasteiger partial charge on any atom is -0.493 e. The Labute approximate surface area is 191 Å². The zero-order chi connectivity index (χ0) is 21.9. The van der Waals surface area contributed by atoms with Crippen molar-refractivity contribution in [1.29, 1.82) is 0 Å². The van der Waals surface area contributed by atoms with Crippen molar-refractivity contribution in [3.8, 4) is 34.2 Å². The Kier molecular flexibility index (Phi) is 5.70. The molecule has 0 radical (unpaired) electrons. The Hall–Kier alpha value is -3.50. The first-order valence-electron chi connectivity index (χ1n) is 9.59. The smallest absolute Gasteiger partial charge is 0.248 e. The van der Waals surface area contributed by atoms with Crippen molar-refractivity contribution >= 4 is 34.0 Å². The number of ether oxygens (including phenoxy) is 2. The first kappa shape index (κ1) is 20.4. The zero-order valence-electron chi connectivity index (χ0n) is 17.2. The Morgan fingerprint density at radius 2 is 1.84 bits per heavy atom. The van der Waals surface area contributed by atoms with E-state index in [0.29, 0.717) is 29.0 Å². The SMILES string of the molecule is COc1ccc(-c2cc(-c3nnc(CSc4nncs4)o3)c3ccccc3n2)cc1OC. The lowest BCUT2D eigenvalue weighted by molar-refractivity contribution is 0.355. The third-order valence-corrected chi connectivity index (χ3v) is 6.60. The van der Waals surface area contributed by atoms with Crippen LogP contribution in [0, 0.1) is 0 Å². The number of para-hydroxylation sites is 1. The van der Waals surface area contributed by atoms with E-state index in [1.54, 1.807) is 19.7 Å². The molecule has 0 spiro atoms. The number of thioether (sulfide) groups is 1. The third kappa shape index (κ3) is 4.02. The van der Waals surface area contributed by atoms with Crippen molar-refractivity contribution in [3.05, 3.63) is 59.9 Å². The molecule has 0 N–H and O–H groups in total. The van der Waals surface area contributed by atoms with Crippen molar-refractivity contribution in [2.24, 2.45) is 0 Å². The molecule has 32 heavy (non-hydrogen) atoms. The number of nitrogens with zero attached hydrogens (tertiary/aromatic N) is 5. The van der Waals surface area contributed by atoms with Crippen LogP contribution >= 0.6 is 23.1 Å². The number of fused-ring (bicyclic) bond motifs is 1. The van der Waals surface area contributed by atoms with Crippen molar-refractivity contribution in [2.45, 2.75) is 10.1 Å². The van der Waals surface area contributed by atoms with E-state index in [1.165, 1.54) is 23.1 Å². The molecule has 5 rings (SSSR count). The summed E-state index contributed by atoms with van der Waals surface area (Å²) in [5.74, 6) is 2.78. The van der Waals surface area contributed by atoms with Gasteiger partial charge in [0.15, 0.2) is 15.8 Å². The number of benzene rings is 2. The van der Waals surface area contributed by atoms with Gasteiger partial charge in [0.05, 0.1) is 36.7 Å². The molecule has 3 aromatic heterocycles. The molecule has 0 amide bonds. The van der Waals surface area contributed by atoms with Crippen LogP contribution in [0.25, 0.3) is 33.6 Å².